The molecule has 0 aliphatic carbocycles. The van der Waals surface area contributed by atoms with E-state index in [-0.39, 0.29) is 23.9 Å². The van der Waals surface area contributed by atoms with Crippen molar-refractivity contribution in [3.8, 4) is 0 Å². The normalized spacial score (nSPS) is 11.3. The Hall–Kier alpha value is -2.15. The number of hydrogen-bond acceptors (Lipinski definition) is 3. The van der Waals surface area contributed by atoms with E-state index in [1.165, 1.54) is 0 Å². The maximum Gasteiger partial charge on any atom is 0.417 e. The topological polar surface area (TPSA) is 54.9 Å². The molecule has 2 heterocycles. The molecule has 8 heteroatoms. The predicted molar refractivity (Wildman–Crippen MR) is 79.3 cm³/mol. The van der Waals surface area contributed by atoms with Crippen LogP contribution in [0.1, 0.15) is 27.3 Å². The fourth-order valence-corrected chi connectivity index (χ4v) is 2.18. The molecule has 0 aliphatic rings. The van der Waals surface area contributed by atoms with Crippen LogP contribution in [0.4, 0.5) is 13.2 Å². The molecule has 0 spiro atoms. The van der Waals surface area contributed by atoms with Crippen LogP contribution in [-0.4, -0.2) is 22.4 Å². The van der Waals surface area contributed by atoms with Gasteiger partial charge >= 0.3 is 6.18 Å². The van der Waals surface area contributed by atoms with Crippen molar-refractivity contribution in [3.05, 3.63) is 58.1 Å². The number of alkyl halides is 3. The molecule has 0 fully saturated rings. The van der Waals surface area contributed by atoms with Gasteiger partial charge in [-0.25, -0.2) is 0 Å². The van der Waals surface area contributed by atoms with Crippen molar-refractivity contribution in [1.29, 1.82) is 0 Å². The van der Waals surface area contributed by atoms with Crippen molar-refractivity contribution in [2.45, 2.75) is 19.5 Å². The van der Waals surface area contributed by atoms with Crippen LogP contribution < -0.4 is 5.32 Å². The van der Waals surface area contributed by atoms with Gasteiger partial charge in [0, 0.05) is 31.1 Å². The zero-order chi connectivity index (χ0) is 17.0. The number of rotatable bonds is 4. The number of nitrogens with one attached hydrogen (secondary N) is 1. The Balaban J connectivity index is 1.97. The number of hydrogen-bond donors (Lipinski definition) is 1. The number of pyridine rings is 2. The van der Waals surface area contributed by atoms with E-state index in [4.69, 9.17) is 11.6 Å². The molecule has 2 rings (SSSR count). The summed E-state index contributed by atoms with van der Waals surface area (Å²) in [6.07, 6.45) is -1.95. The highest BCUT2D eigenvalue weighted by Gasteiger charge is 2.31. The Morgan fingerprint density at radius 3 is 2.70 bits per heavy atom. The first-order valence-electron chi connectivity index (χ1n) is 6.70. The average molecular weight is 344 g/mol. The molecular weight excluding hydrogens is 331 g/mol. The van der Waals surface area contributed by atoms with Crippen molar-refractivity contribution < 1.29 is 18.0 Å². The molecule has 0 radical (unpaired) electrons. The van der Waals surface area contributed by atoms with E-state index in [2.05, 4.69) is 15.3 Å². The molecule has 2 aromatic heterocycles. The average Bonchev–Trinajstić information content (AvgIpc) is 2.48. The Bertz CT molecular complexity index is 719. The minimum Gasteiger partial charge on any atom is -0.352 e. The van der Waals surface area contributed by atoms with E-state index in [0.29, 0.717) is 17.0 Å². The highest BCUT2D eigenvalue weighted by Crippen LogP contribution is 2.31. The van der Waals surface area contributed by atoms with Gasteiger partial charge in [-0.3, -0.25) is 14.8 Å². The van der Waals surface area contributed by atoms with Crippen molar-refractivity contribution in [2.24, 2.45) is 0 Å². The minimum atomic E-state index is -4.48. The monoisotopic (exact) mass is 343 g/mol. The van der Waals surface area contributed by atoms with E-state index in [0.717, 1.165) is 12.3 Å². The largest absolute Gasteiger partial charge is 0.417 e. The molecule has 0 aromatic carbocycles. The number of halogens is 4. The first kappa shape index (κ1) is 17.2. The molecule has 0 unspecified atom stereocenters. The highest BCUT2D eigenvalue weighted by atomic mass is 35.5. The quantitative estimate of drug-likeness (QED) is 0.925. The third kappa shape index (κ3) is 4.41. The third-order valence-electron chi connectivity index (χ3n) is 3.14. The zero-order valence-electron chi connectivity index (χ0n) is 12.1. The summed E-state index contributed by atoms with van der Waals surface area (Å²) in [5.41, 5.74) is 0.429. The van der Waals surface area contributed by atoms with Gasteiger partial charge in [-0.2, -0.15) is 13.2 Å². The molecule has 2 aromatic rings. The Labute approximate surface area is 135 Å². The minimum absolute atomic E-state index is 0.0772. The van der Waals surface area contributed by atoms with Crippen molar-refractivity contribution in [2.75, 3.05) is 6.54 Å². The van der Waals surface area contributed by atoms with Crippen LogP contribution in [0.5, 0.6) is 0 Å². The fraction of sp³-hybridized carbons (Fsp3) is 0.267. The zero-order valence-corrected chi connectivity index (χ0v) is 12.9. The maximum absolute atomic E-state index is 12.5. The van der Waals surface area contributed by atoms with E-state index >= 15 is 0 Å². The van der Waals surface area contributed by atoms with Crippen molar-refractivity contribution in [1.82, 2.24) is 15.3 Å². The van der Waals surface area contributed by atoms with Crippen LogP contribution in [0.2, 0.25) is 5.02 Å². The summed E-state index contributed by atoms with van der Waals surface area (Å²) in [5.74, 6) is -0.307. The molecule has 0 atom stereocenters. The van der Waals surface area contributed by atoms with Crippen molar-refractivity contribution in [3.63, 3.8) is 0 Å². The van der Waals surface area contributed by atoms with Crippen LogP contribution in [0.25, 0.3) is 0 Å². The molecule has 4 nitrogen and oxygen atoms in total. The number of nitrogens with zero attached hydrogens (tertiary/aromatic N) is 2. The Morgan fingerprint density at radius 2 is 2.09 bits per heavy atom. The van der Waals surface area contributed by atoms with Crippen molar-refractivity contribution >= 4 is 17.5 Å². The number of carbonyl (C=O) groups is 1. The molecule has 0 saturated carbocycles. The van der Waals surface area contributed by atoms with E-state index < -0.39 is 11.7 Å². The lowest BCUT2D eigenvalue weighted by atomic mass is 10.2. The molecule has 1 N–H and O–H groups in total. The predicted octanol–water partition coefficient (Wildman–Crippen LogP) is 3.43. The Morgan fingerprint density at radius 1 is 1.35 bits per heavy atom. The molecular formula is C15H13ClF3N3O. The summed E-state index contributed by atoms with van der Waals surface area (Å²) >= 11 is 5.81. The van der Waals surface area contributed by atoms with Gasteiger partial charge in [0.1, 0.15) is 0 Å². The Kier molecular flexibility index (Phi) is 5.20. The summed E-state index contributed by atoms with van der Waals surface area (Å²) in [6, 6.07) is 4.12. The molecule has 1 amide bonds. The number of aryl methyl sites for hydroxylation is 1. The summed E-state index contributed by atoms with van der Waals surface area (Å²) in [6.45, 7) is 1.91. The highest BCUT2D eigenvalue weighted by molar-refractivity contribution is 6.31. The van der Waals surface area contributed by atoms with Crippen LogP contribution in [0.3, 0.4) is 0 Å². The number of carbonyl (C=O) groups excluding carboxylic acids is 1. The summed E-state index contributed by atoms with van der Waals surface area (Å²) in [4.78, 5) is 19.7. The van der Waals surface area contributed by atoms with Gasteiger partial charge in [-0.15, -0.1) is 0 Å². The maximum atomic E-state index is 12.5. The van der Waals surface area contributed by atoms with Gasteiger partial charge in [0.25, 0.3) is 5.91 Å². The molecule has 0 aliphatic heterocycles. The number of aromatic nitrogens is 2. The second-order valence-electron chi connectivity index (χ2n) is 4.79. The van der Waals surface area contributed by atoms with Crippen LogP contribution in [0.15, 0.2) is 30.6 Å². The first-order chi connectivity index (χ1) is 10.8. The van der Waals surface area contributed by atoms with Crippen LogP contribution in [-0.2, 0) is 12.6 Å². The molecule has 23 heavy (non-hydrogen) atoms. The van der Waals surface area contributed by atoms with E-state index in [9.17, 15) is 18.0 Å². The SMILES string of the molecule is Cc1ncccc1C(=O)NCCc1ncc(C(F)(F)F)cc1Cl. The van der Waals surface area contributed by atoms with Crippen LogP contribution >= 0.6 is 11.6 Å². The lowest BCUT2D eigenvalue weighted by Crippen LogP contribution is -2.26. The first-order valence-corrected chi connectivity index (χ1v) is 7.08. The van der Waals surface area contributed by atoms with Gasteiger partial charge in [-0.1, -0.05) is 11.6 Å². The number of amides is 1. The molecule has 0 bridgehead atoms. The summed E-state index contributed by atoms with van der Waals surface area (Å²) in [7, 11) is 0. The van der Waals surface area contributed by atoms with E-state index in [1.54, 1.807) is 25.3 Å². The van der Waals surface area contributed by atoms with Gasteiger partial charge in [0.15, 0.2) is 0 Å². The van der Waals surface area contributed by atoms with Gasteiger partial charge < -0.3 is 5.32 Å². The lowest BCUT2D eigenvalue weighted by molar-refractivity contribution is -0.137. The van der Waals surface area contributed by atoms with E-state index in [1.807, 2.05) is 0 Å². The lowest BCUT2D eigenvalue weighted by Gasteiger charge is -2.10. The fourth-order valence-electron chi connectivity index (χ4n) is 1.92. The van der Waals surface area contributed by atoms with Crippen LogP contribution in [0, 0.1) is 6.92 Å². The van der Waals surface area contributed by atoms with Gasteiger partial charge in [0.2, 0.25) is 0 Å². The smallest absolute Gasteiger partial charge is 0.352 e. The second-order valence-corrected chi connectivity index (χ2v) is 5.20. The molecule has 122 valence electrons. The summed E-state index contributed by atoms with van der Waals surface area (Å²) in [5, 5.41) is 2.58. The summed E-state index contributed by atoms with van der Waals surface area (Å²) < 4.78 is 37.6. The standard InChI is InChI=1S/C15H13ClF3N3O/c1-9-11(3-2-5-20-9)14(23)21-6-4-13-12(16)7-10(8-22-13)15(17,18)19/h2-3,5,7-8H,4,6H2,1H3,(H,21,23). The van der Waals surface area contributed by atoms with Gasteiger partial charge in [-0.05, 0) is 25.1 Å². The molecule has 0 saturated heterocycles. The third-order valence-corrected chi connectivity index (χ3v) is 3.47. The van der Waals surface area contributed by atoms with Gasteiger partial charge in [0.05, 0.1) is 21.8 Å². The second kappa shape index (κ2) is 6.95.